The number of thiophene rings is 1. The molecule has 1 aliphatic rings. The third-order valence-corrected chi connectivity index (χ3v) is 6.12. The van der Waals surface area contributed by atoms with Gasteiger partial charge in [0.05, 0.1) is 0 Å². The number of nitrogens with zero attached hydrogens (tertiary/aromatic N) is 3. The van der Waals surface area contributed by atoms with Gasteiger partial charge in [0.15, 0.2) is 5.96 Å². The van der Waals surface area contributed by atoms with Crippen LogP contribution in [0.15, 0.2) is 40.1 Å². The normalized spacial score (nSPS) is 15.9. The number of amides is 1. The van der Waals surface area contributed by atoms with Gasteiger partial charge in [-0.25, -0.2) is 4.98 Å². The first-order chi connectivity index (χ1) is 14.1. The summed E-state index contributed by atoms with van der Waals surface area (Å²) < 4.78 is 0. The monoisotopic (exact) mass is 542 g/mol. The molecular formula is C21H31IN6OS. The molecule has 1 unspecified atom stereocenters. The van der Waals surface area contributed by atoms with Gasteiger partial charge in [-0.3, -0.25) is 9.79 Å². The summed E-state index contributed by atoms with van der Waals surface area (Å²) >= 11 is 1.72. The van der Waals surface area contributed by atoms with E-state index in [0.717, 1.165) is 49.8 Å². The van der Waals surface area contributed by atoms with E-state index in [4.69, 9.17) is 5.73 Å². The molecule has 164 valence electrons. The van der Waals surface area contributed by atoms with Gasteiger partial charge in [0.2, 0.25) is 5.91 Å². The third-order valence-electron chi connectivity index (χ3n) is 5.42. The highest BCUT2D eigenvalue weighted by Gasteiger charge is 2.25. The number of guanidine groups is 1. The Kier molecular flexibility index (Phi) is 9.83. The smallest absolute Gasteiger partial charge is 0.220 e. The number of carbonyl (C=O) groups is 1. The number of nitrogens with two attached hydrogens (primary N) is 1. The van der Waals surface area contributed by atoms with Gasteiger partial charge in [-0.1, -0.05) is 13.0 Å². The molecule has 30 heavy (non-hydrogen) atoms. The zero-order valence-corrected chi connectivity index (χ0v) is 20.7. The largest absolute Gasteiger partial charge is 0.369 e. The van der Waals surface area contributed by atoms with Crippen molar-refractivity contribution in [2.45, 2.75) is 32.2 Å². The summed E-state index contributed by atoms with van der Waals surface area (Å²) in [4.78, 5) is 22.6. The first kappa shape index (κ1) is 24.4. The molecule has 1 aliphatic heterocycles. The van der Waals surface area contributed by atoms with E-state index in [1.807, 2.05) is 12.3 Å². The Morgan fingerprint density at radius 3 is 2.77 bits per heavy atom. The van der Waals surface area contributed by atoms with Crippen molar-refractivity contribution >= 4 is 53.0 Å². The van der Waals surface area contributed by atoms with Gasteiger partial charge in [-0.2, -0.15) is 11.3 Å². The van der Waals surface area contributed by atoms with Crippen LogP contribution in [0.4, 0.5) is 5.82 Å². The lowest BCUT2D eigenvalue weighted by molar-refractivity contribution is -0.122. The quantitative estimate of drug-likeness (QED) is 0.284. The van der Waals surface area contributed by atoms with Crippen molar-refractivity contribution in [2.75, 3.05) is 31.6 Å². The predicted octanol–water partition coefficient (Wildman–Crippen LogP) is 2.93. The summed E-state index contributed by atoms with van der Waals surface area (Å²) in [6.07, 6.45) is 3.37. The average Bonchev–Trinajstić information content (AvgIpc) is 3.29. The summed E-state index contributed by atoms with van der Waals surface area (Å²) in [7, 11) is 1.78. The molecule has 0 radical (unpaired) electrons. The van der Waals surface area contributed by atoms with Crippen molar-refractivity contribution < 1.29 is 4.79 Å². The second-order valence-electron chi connectivity index (χ2n) is 7.41. The summed E-state index contributed by atoms with van der Waals surface area (Å²) in [5, 5.41) is 11.1. The fourth-order valence-electron chi connectivity index (χ4n) is 3.55. The lowest BCUT2D eigenvalue weighted by Gasteiger charge is -2.32. The van der Waals surface area contributed by atoms with E-state index in [0.29, 0.717) is 12.5 Å². The lowest BCUT2D eigenvalue weighted by atomic mass is 9.96. The predicted molar refractivity (Wildman–Crippen MR) is 135 cm³/mol. The Labute approximate surface area is 199 Å². The number of hydrogen-bond acceptors (Lipinski definition) is 5. The molecule has 3 rings (SSSR count). The Morgan fingerprint density at radius 1 is 1.37 bits per heavy atom. The number of piperidine rings is 1. The number of aromatic nitrogens is 1. The molecule has 3 heterocycles. The van der Waals surface area contributed by atoms with Crippen LogP contribution < -0.4 is 21.3 Å². The molecule has 0 aromatic carbocycles. The van der Waals surface area contributed by atoms with Crippen LogP contribution in [-0.2, 0) is 11.3 Å². The molecule has 4 N–H and O–H groups in total. The van der Waals surface area contributed by atoms with Crippen LogP contribution in [0, 0.1) is 5.92 Å². The summed E-state index contributed by atoms with van der Waals surface area (Å²) in [5.41, 5.74) is 7.91. The molecule has 2 aromatic rings. The Balaban J connectivity index is 0.00000320. The zero-order chi connectivity index (χ0) is 20.6. The van der Waals surface area contributed by atoms with Gasteiger partial charge in [-0.05, 0) is 47.2 Å². The van der Waals surface area contributed by atoms with Crippen molar-refractivity contribution in [3.63, 3.8) is 0 Å². The molecule has 2 aromatic heterocycles. The van der Waals surface area contributed by atoms with E-state index in [9.17, 15) is 4.79 Å². The topological polar surface area (TPSA) is 95.6 Å². The summed E-state index contributed by atoms with van der Waals surface area (Å²) in [6, 6.07) is 6.19. The number of rotatable bonds is 7. The van der Waals surface area contributed by atoms with Gasteiger partial charge < -0.3 is 21.3 Å². The highest BCUT2D eigenvalue weighted by atomic mass is 127. The number of anilines is 1. The van der Waals surface area contributed by atoms with E-state index in [1.54, 1.807) is 18.4 Å². The molecule has 0 saturated carbocycles. The van der Waals surface area contributed by atoms with Gasteiger partial charge in [0.1, 0.15) is 5.82 Å². The second-order valence-corrected chi connectivity index (χ2v) is 8.19. The highest BCUT2D eigenvalue weighted by Crippen LogP contribution is 2.24. The average molecular weight is 542 g/mol. The number of pyridine rings is 1. The number of aliphatic imine (C=N–C) groups is 1. The van der Waals surface area contributed by atoms with Crippen molar-refractivity contribution in [3.05, 3.63) is 46.3 Å². The van der Waals surface area contributed by atoms with Crippen molar-refractivity contribution in [1.29, 1.82) is 0 Å². The Hall–Kier alpha value is -1.88. The maximum Gasteiger partial charge on any atom is 0.220 e. The first-order valence-electron chi connectivity index (χ1n) is 10.0. The Morgan fingerprint density at radius 2 is 2.13 bits per heavy atom. The first-order valence-corrected chi connectivity index (χ1v) is 11.0. The van der Waals surface area contributed by atoms with Crippen LogP contribution in [0.1, 0.15) is 36.8 Å². The van der Waals surface area contributed by atoms with Crippen LogP contribution in [0.2, 0.25) is 0 Å². The molecule has 1 fully saturated rings. The van der Waals surface area contributed by atoms with Crippen LogP contribution in [0.5, 0.6) is 0 Å². The van der Waals surface area contributed by atoms with Crippen molar-refractivity contribution in [3.8, 4) is 0 Å². The second kappa shape index (κ2) is 12.1. The minimum atomic E-state index is -0.195. The molecule has 7 nitrogen and oxygen atoms in total. The zero-order valence-electron chi connectivity index (χ0n) is 17.5. The van der Waals surface area contributed by atoms with Crippen LogP contribution >= 0.6 is 35.3 Å². The fourth-order valence-corrected chi connectivity index (χ4v) is 4.33. The maximum atomic E-state index is 11.4. The summed E-state index contributed by atoms with van der Waals surface area (Å²) in [6.45, 7) is 5.24. The molecule has 9 heteroatoms. The minimum absolute atomic E-state index is 0. The van der Waals surface area contributed by atoms with E-state index in [2.05, 4.69) is 55.3 Å². The van der Waals surface area contributed by atoms with E-state index < -0.39 is 0 Å². The van der Waals surface area contributed by atoms with E-state index in [-0.39, 0.29) is 35.8 Å². The number of primary amides is 1. The number of hydrogen-bond donors (Lipinski definition) is 3. The maximum absolute atomic E-state index is 11.4. The molecule has 0 spiro atoms. The van der Waals surface area contributed by atoms with Crippen molar-refractivity contribution in [2.24, 2.45) is 16.6 Å². The molecule has 0 aliphatic carbocycles. The van der Waals surface area contributed by atoms with Gasteiger partial charge in [0, 0.05) is 50.9 Å². The molecule has 0 bridgehead atoms. The van der Waals surface area contributed by atoms with Gasteiger partial charge in [0.25, 0.3) is 0 Å². The van der Waals surface area contributed by atoms with Crippen molar-refractivity contribution in [1.82, 2.24) is 15.6 Å². The lowest BCUT2D eigenvalue weighted by Crippen LogP contribution is -2.41. The van der Waals surface area contributed by atoms with E-state index in [1.165, 1.54) is 5.56 Å². The number of carbonyl (C=O) groups excluding carboxylic acids is 1. The van der Waals surface area contributed by atoms with Crippen LogP contribution in [-0.4, -0.2) is 43.5 Å². The molecule has 1 amide bonds. The van der Waals surface area contributed by atoms with Crippen LogP contribution in [0.25, 0.3) is 0 Å². The standard InChI is InChI=1S/C21H30N6OS.HI/c1-15(18-7-11-29-14-18)12-25-21(23-2)26-13-17-4-3-8-24-20(17)27-9-5-16(6-10-27)19(22)28;/h3-4,7-8,11,14-16H,5-6,9-10,12-13H2,1-2H3,(H2,22,28)(H2,23,25,26);1H. The van der Waals surface area contributed by atoms with E-state index >= 15 is 0 Å². The van der Waals surface area contributed by atoms with Crippen LogP contribution in [0.3, 0.4) is 0 Å². The van der Waals surface area contributed by atoms with Gasteiger partial charge >= 0.3 is 0 Å². The Bertz CT molecular complexity index is 821. The molecule has 1 atom stereocenters. The fraction of sp³-hybridized carbons (Fsp3) is 0.476. The third kappa shape index (κ3) is 6.56. The number of nitrogens with one attached hydrogen (secondary N) is 2. The van der Waals surface area contributed by atoms with Gasteiger partial charge in [-0.15, -0.1) is 24.0 Å². The summed E-state index contributed by atoms with van der Waals surface area (Å²) in [5.74, 6) is 1.93. The molecule has 1 saturated heterocycles. The number of halogens is 1. The highest BCUT2D eigenvalue weighted by molar-refractivity contribution is 14.0. The SMILES string of the molecule is CN=C(NCc1cccnc1N1CCC(C(N)=O)CC1)NCC(C)c1ccsc1.I. The molecular weight excluding hydrogens is 511 g/mol. The minimum Gasteiger partial charge on any atom is -0.369 e.